The van der Waals surface area contributed by atoms with Crippen molar-refractivity contribution in [3.05, 3.63) is 65.7 Å². The average Bonchev–Trinajstić information content (AvgIpc) is 3.77. The van der Waals surface area contributed by atoms with Gasteiger partial charge in [-0.15, -0.1) is 5.10 Å². The van der Waals surface area contributed by atoms with Crippen LogP contribution in [-0.2, 0) is 20.0 Å². The van der Waals surface area contributed by atoms with Gasteiger partial charge in [0, 0.05) is 37.4 Å². The molecule has 3 aromatic carbocycles. The summed E-state index contributed by atoms with van der Waals surface area (Å²) in [5.74, 6) is 0.407. The number of nitrogens with one attached hydrogen (secondary N) is 2. The Kier molecular flexibility index (Phi) is 7.70. The van der Waals surface area contributed by atoms with Crippen LogP contribution in [0.5, 0.6) is 0 Å². The second kappa shape index (κ2) is 11.3. The summed E-state index contributed by atoms with van der Waals surface area (Å²) in [6.45, 7) is 2.09. The first-order valence-electron chi connectivity index (χ1n) is 13.6. The SMILES string of the molecule is Nc1nc(Nc2cc(Cl)c(-c3ccc(S(=O)(=O)N4CCCC4)cc3)c(-c3ccc(S(=O)(=O)N4CCCC4)cc3)c2)n[nH]1. The molecule has 6 rings (SSSR count). The summed E-state index contributed by atoms with van der Waals surface area (Å²) < 4.78 is 55.4. The Morgan fingerprint density at radius 1 is 0.762 bits per heavy atom. The Hall–Kier alpha value is -3.49. The molecule has 0 saturated carbocycles. The predicted molar refractivity (Wildman–Crippen MR) is 162 cm³/mol. The molecule has 2 aliphatic heterocycles. The molecule has 0 spiro atoms. The number of hydrogen-bond donors (Lipinski definition) is 3. The van der Waals surface area contributed by atoms with E-state index < -0.39 is 20.0 Å². The van der Waals surface area contributed by atoms with E-state index in [4.69, 9.17) is 17.3 Å². The van der Waals surface area contributed by atoms with Gasteiger partial charge in [0.1, 0.15) is 0 Å². The number of benzene rings is 3. The van der Waals surface area contributed by atoms with Crippen molar-refractivity contribution in [1.82, 2.24) is 23.8 Å². The minimum absolute atomic E-state index is 0.152. The smallest absolute Gasteiger partial charge is 0.248 e. The summed E-state index contributed by atoms with van der Waals surface area (Å²) in [5.41, 5.74) is 9.04. The van der Waals surface area contributed by atoms with Gasteiger partial charge in [-0.1, -0.05) is 35.9 Å². The number of nitrogens with two attached hydrogens (primary N) is 1. The monoisotopic (exact) mass is 627 g/mol. The first-order valence-corrected chi connectivity index (χ1v) is 16.9. The number of nitrogens with zero attached hydrogens (tertiary/aromatic N) is 4. The average molecular weight is 628 g/mol. The molecule has 0 amide bonds. The molecule has 4 aromatic rings. The molecule has 0 radical (unpaired) electrons. The van der Waals surface area contributed by atoms with Gasteiger partial charge >= 0.3 is 0 Å². The Morgan fingerprint density at radius 2 is 1.26 bits per heavy atom. The molecule has 0 atom stereocenters. The van der Waals surface area contributed by atoms with E-state index >= 15 is 0 Å². The molecule has 0 unspecified atom stereocenters. The van der Waals surface area contributed by atoms with Crippen molar-refractivity contribution in [2.24, 2.45) is 0 Å². The molecular formula is C28H30ClN7O4S2. The molecule has 14 heteroatoms. The van der Waals surface area contributed by atoms with Crippen LogP contribution in [0.3, 0.4) is 0 Å². The van der Waals surface area contributed by atoms with Crippen LogP contribution in [-0.4, -0.2) is 66.8 Å². The number of halogens is 1. The zero-order chi connectivity index (χ0) is 29.5. The lowest BCUT2D eigenvalue weighted by Crippen LogP contribution is -2.27. The number of anilines is 3. The summed E-state index contributed by atoms with van der Waals surface area (Å²) in [6, 6.07) is 16.9. The van der Waals surface area contributed by atoms with Crippen molar-refractivity contribution < 1.29 is 16.8 Å². The van der Waals surface area contributed by atoms with Crippen LogP contribution in [0.2, 0.25) is 5.02 Å². The number of aromatic amines is 1. The molecular weight excluding hydrogens is 598 g/mol. The molecule has 0 aliphatic carbocycles. The van der Waals surface area contributed by atoms with Gasteiger partial charge in [-0.3, -0.25) is 0 Å². The second-order valence-electron chi connectivity index (χ2n) is 10.3. The Labute approximate surface area is 249 Å². The lowest BCUT2D eigenvalue weighted by atomic mass is 9.94. The molecule has 3 heterocycles. The minimum Gasteiger partial charge on any atom is -0.368 e. The van der Waals surface area contributed by atoms with Gasteiger partial charge in [0.05, 0.1) is 14.8 Å². The van der Waals surface area contributed by atoms with Gasteiger partial charge in [-0.05, 0) is 78.8 Å². The molecule has 4 N–H and O–H groups in total. The van der Waals surface area contributed by atoms with Crippen molar-refractivity contribution in [2.45, 2.75) is 35.5 Å². The standard InChI is InChI=1S/C28H30ClN7O4S2/c29-25-18-21(31-28-32-27(30)33-34-28)17-24(19-5-9-22(10-6-19)41(37,38)35-13-1-2-14-35)26(25)20-7-11-23(12-8-20)42(39,40)36-15-3-4-16-36/h5-12,17-18H,1-4,13-16H2,(H4,30,31,32,33,34). The van der Waals surface area contributed by atoms with Gasteiger partial charge in [0.25, 0.3) is 0 Å². The normalized spacial score (nSPS) is 16.7. The van der Waals surface area contributed by atoms with Crippen LogP contribution in [0.15, 0.2) is 70.5 Å². The van der Waals surface area contributed by atoms with Crippen LogP contribution >= 0.6 is 11.6 Å². The van der Waals surface area contributed by atoms with Crippen LogP contribution in [0.1, 0.15) is 25.7 Å². The molecule has 2 aliphatic rings. The fraction of sp³-hybridized carbons (Fsp3) is 0.286. The van der Waals surface area contributed by atoms with Gasteiger partial charge < -0.3 is 11.1 Å². The Bertz CT molecular complexity index is 1810. The third-order valence-electron chi connectivity index (χ3n) is 7.56. The molecule has 42 heavy (non-hydrogen) atoms. The van der Waals surface area contributed by atoms with E-state index in [1.54, 1.807) is 54.6 Å². The summed E-state index contributed by atoms with van der Waals surface area (Å²) in [5, 5.41) is 10.1. The highest BCUT2D eigenvalue weighted by Gasteiger charge is 2.28. The van der Waals surface area contributed by atoms with E-state index in [0.29, 0.717) is 53.6 Å². The summed E-state index contributed by atoms with van der Waals surface area (Å²) in [6.07, 6.45) is 3.42. The van der Waals surface area contributed by atoms with Crippen molar-refractivity contribution in [1.29, 1.82) is 0 Å². The van der Waals surface area contributed by atoms with Gasteiger partial charge in [-0.25, -0.2) is 21.9 Å². The van der Waals surface area contributed by atoms with Crippen molar-refractivity contribution in [3.63, 3.8) is 0 Å². The van der Waals surface area contributed by atoms with E-state index in [1.165, 1.54) is 8.61 Å². The van der Waals surface area contributed by atoms with Crippen LogP contribution in [0, 0.1) is 0 Å². The highest BCUT2D eigenvalue weighted by atomic mass is 35.5. The maximum atomic E-state index is 13.1. The third kappa shape index (κ3) is 5.50. The topological polar surface area (TPSA) is 154 Å². The summed E-state index contributed by atoms with van der Waals surface area (Å²) >= 11 is 6.87. The van der Waals surface area contributed by atoms with Crippen LogP contribution in [0.25, 0.3) is 22.3 Å². The highest BCUT2D eigenvalue weighted by Crippen LogP contribution is 2.41. The molecule has 220 valence electrons. The zero-order valence-corrected chi connectivity index (χ0v) is 25.0. The van der Waals surface area contributed by atoms with Gasteiger partial charge in [-0.2, -0.15) is 13.6 Å². The summed E-state index contributed by atoms with van der Waals surface area (Å²) in [7, 11) is -7.15. The molecule has 11 nitrogen and oxygen atoms in total. The maximum Gasteiger partial charge on any atom is 0.248 e. The minimum atomic E-state index is -3.58. The Balaban J connectivity index is 1.40. The van der Waals surface area contributed by atoms with Crippen LogP contribution in [0.4, 0.5) is 17.6 Å². The highest BCUT2D eigenvalue weighted by molar-refractivity contribution is 7.89. The maximum absolute atomic E-state index is 13.1. The number of hydrogen-bond acceptors (Lipinski definition) is 8. The third-order valence-corrected chi connectivity index (χ3v) is 11.7. The van der Waals surface area contributed by atoms with Crippen molar-refractivity contribution in [2.75, 3.05) is 37.2 Å². The largest absolute Gasteiger partial charge is 0.368 e. The lowest BCUT2D eigenvalue weighted by molar-refractivity contribution is 0.476. The van der Waals surface area contributed by atoms with Gasteiger partial charge in [0.2, 0.25) is 31.9 Å². The molecule has 1 aromatic heterocycles. The Morgan fingerprint density at radius 3 is 1.74 bits per heavy atom. The fourth-order valence-corrected chi connectivity index (χ4v) is 8.78. The number of sulfonamides is 2. The number of rotatable bonds is 8. The van der Waals surface area contributed by atoms with E-state index in [1.807, 2.05) is 6.07 Å². The van der Waals surface area contributed by atoms with Gasteiger partial charge in [0.15, 0.2) is 0 Å². The van der Waals surface area contributed by atoms with E-state index in [9.17, 15) is 16.8 Å². The summed E-state index contributed by atoms with van der Waals surface area (Å²) in [4.78, 5) is 4.53. The fourth-order valence-electron chi connectivity index (χ4n) is 5.41. The second-order valence-corrected chi connectivity index (χ2v) is 14.6. The molecule has 2 saturated heterocycles. The molecule has 2 fully saturated rings. The van der Waals surface area contributed by atoms with Crippen LogP contribution < -0.4 is 11.1 Å². The van der Waals surface area contributed by atoms with E-state index in [-0.39, 0.29) is 21.7 Å². The first-order chi connectivity index (χ1) is 20.1. The van der Waals surface area contributed by atoms with Crippen molar-refractivity contribution in [3.8, 4) is 22.3 Å². The van der Waals surface area contributed by atoms with Crippen molar-refractivity contribution >= 4 is 49.2 Å². The quantitative estimate of drug-likeness (QED) is 0.254. The lowest BCUT2D eigenvalue weighted by Gasteiger charge is -2.18. The predicted octanol–water partition coefficient (Wildman–Crippen LogP) is 4.69. The number of nitrogen functional groups attached to an aromatic ring is 1. The van der Waals surface area contributed by atoms with E-state index in [0.717, 1.165) is 31.2 Å². The first kappa shape index (κ1) is 28.6. The number of H-pyrrole nitrogens is 1. The zero-order valence-electron chi connectivity index (χ0n) is 22.6. The van der Waals surface area contributed by atoms with E-state index in [2.05, 4.69) is 20.5 Å². The number of aromatic nitrogens is 3. The molecule has 0 bridgehead atoms.